The Morgan fingerprint density at radius 1 is 1.00 bits per heavy atom. The molecule has 0 saturated heterocycles. The molecule has 2 aromatic carbocycles. The number of amidine groups is 1. The van der Waals surface area contributed by atoms with Gasteiger partial charge < -0.3 is 11.1 Å². The van der Waals surface area contributed by atoms with Gasteiger partial charge in [-0.15, -0.1) is 0 Å². The Balaban J connectivity index is 2.00. The van der Waals surface area contributed by atoms with Crippen LogP contribution < -0.4 is 16.5 Å². The summed E-state index contributed by atoms with van der Waals surface area (Å²) in [6.07, 6.45) is 0. The number of anilines is 2. The van der Waals surface area contributed by atoms with Crippen LogP contribution in [-0.2, 0) is 4.79 Å². The van der Waals surface area contributed by atoms with E-state index in [1.165, 1.54) is 0 Å². The Hall–Kier alpha value is -2.24. The Labute approximate surface area is 131 Å². The molecule has 2 rings (SSSR count). The smallest absolute Gasteiger partial charge is 0.292 e. The molecule has 21 heavy (non-hydrogen) atoms. The molecule has 0 aliphatic carbocycles. The number of rotatable bonds is 3. The number of hydrazone groups is 1. The lowest BCUT2D eigenvalue weighted by atomic mass is 10.3. The normalized spacial score (nSPS) is 11.0. The fourth-order valence-corrected chi connectivity index (χ4v) is 1.88. The van der Waals surface area contributed by atoms with E-state index in [1.54, 1.807) is 48.5 Å². The van der Waals surface area contributed by atoms with E-state index in [1.807, 2.05) is 0 Å². The number of nitrogens with zero attached hydrogens (tertiary/aromatic N) is 1. The van der Waals surface area contributed by atoms with Crippen molar-refractivity contribution in [2.75, 3.05) is 10.7 Å². The summed E-state index contributed by atoms with van der Waals surface area (Å²) in [5.74, 6) is -0.748. The Bertz CT molecular complexity index is 688. The molecule has 7 heteroatoms. The summed E-state index contributed by atoms with van der Waals surface area (Å²) >= 11 is 11.7. The highest BCUT2D eigenvalue weighted by Crippen LogP contribution is 2.15. The number of hydrogen-bond donors (Lipinski definition) is 3. The maximum Gasteiger partial charge on any atom is 0.292 e. The van der Waals surface area contributed by atoms with Crippen LogP contribution in [0.25, 0.3) is 0 Å². The predicted molar refractivity (Wildman–Crippen MR) is 86.8 cm³/mol. The number of carbonyl (C=O) groups excluding carboxylic acids is 1. The lowest BCUT2D eigenvalue weighted by Gasteiger charge is -2.06. The van der Waals surface area contributed by atoms with Crippen LogP contribution >= 0.6 is 23.2 Å². The van der Waals surface area contributed by atoms with E-state index in [2.05, 4.69) is 15.8 Å². The number of benzene rings is 2. The van der Waals surface area contributed by atoms with Crippen LogP contribution in [0, 0.1) is 0 Å². The molecule has 0 saturated carbocycles. The minimum absolute atomic E-state index is 0.213. The number of amides is 1. The Morgan fingerprint density at radius 2 is 1.57 bits per heavy atom. The van der Waals surface area contributed by atoms with Gasteiger partial charge in [-0.1, -0.05) is 35.3 Å². The van der Waals surface area contributed by atoms with Crippen molar-refractivity contribution in [1.82, 2.24) is 0 Å². The lowest BCUT2D eigenvalue weighted by Crippen LogP contribution is -2.31. The van der Waals surface area contributed by atoms with Crippen LogP contribution in [0.2, 0.25) is 10.0 Å². The summed E-state index contributed by atoms with van der Waals surface area (Å²) in [6, 6.07) is 13.6. The van der Waals surface area contributed by atoms with E-state index in [0.29, 0.717) is 21.4 Å². The van der Waals surface area contributed by atoms with Gasteiger partial charge in [-0.2, -0.15) is 5.10 Å². The van der Waals surface area contributed by atoms with Crippen molar-refractivity contribution in [3.05, 3.63) is 58.6 Å². The van der Waals surface area contributed by atoms with Gasteiger partial charge in [0.15, 0.2) is 0 Å². The van der Waals surface area contributed by atoms with Gasteiger partial charge in [0.25, 0.3) is 5.91 Å². The average molecular weight is 323 g/mol. The number of hydrogen-bond acceptors (Lipinski definition) is 3. The molecule has 0 unspecified atom stereocenters. The third-order valence-electron chi connectivity index (χ3n) is 2.45. The van der Waals surface area contributed by atoms with Crippen molar-refractivity contribution in [3.8, 4) is 0 Å². The summed E-state index contributed by atoms with van der Waals surface area (Å²) in [6.45, 7) is 0. The predicted octanol–water partition coefficient (Wildman–Crippen LogP) is 3.32. The molecule has 0 aliphatic heterocycles. The third-order valence-corrected chi connectivity index (χ3v) is 2.92. The van der Waals surface area contributed by atoms with Crippen LogP contribution in [0.1, 0.15) is 0 Å². The van der Waals surface area contributed by atoms with Crippen LogP contribution in [0.15, 0.2) is 53.6 Å². The van der Waals surface area contributed by atoms with Gasteiger partial charge in [0.05, 0.1) is 5.69 Å². The van der Waals surface area contributed by atoms with E-state index >= 15 is 0 Å². The van der Waals surface area contributed by atoms with Gasteiger partial charge >= 0.3 is 0 Å². The highest BCUT2D eigenvalue weighted by atomic mass is 35.5. The number of halogens is 2. The summed E-state index contributed by atoms with van der Waals surface area (Å²) in [5, 5.41) is 7.45. The minimum atomic E-state index is -0.535. The standard InChI is InChI=1S/C14H12Cl2N4O/c15-9-3-1-5-11(7-9)18-14(21)13(17)20-19-12-6-2-4-10(16)8-12/h1-8,19H,(H2,17,20)(H,18,21). The van der Waals surface area contributed by atoms with Gasteiger partial charge in [-0.3, -0.25) is 10.2 Å². The molecule has 0 fully saturated rings. The molecule has 0 heterocycles. The first kappa shape index (κ1) is 15.2. The van der Waals surface area contributed by atoms with Crippen LogP contribution in [0.4, 0.5) is 11.4 Å². The largest absolute Gasteiger partial charge is 0.378 e. The highest BCUT2D eigenvalue weighted by Gasteiger charge is 2.07. The van der Waals surface area contributed by atoms with Crippen LogP contribution in [0.3, 0.4) is 0 Å². The van der Waals surface area contributed by atoms with Gasteiger partial charge in [0.2, 0.25) is 5.84 Å². The zero-order chi connectivity index (χ0) is 15.2. The van der Waals surface area contributed by atoms with E-state index in [9.17, 15) is 4.79 Å². The van der Waals surface area contributed by atoms with E-state index in [0.717, 1.165) is 0 Å². The van der Waals surface area contributed by atoms with Crippen molar-refractivity contribution >= 4 is 46.3 Å². The molecule has 0 radical (unpaired) electrons. The second-order valence-corrected chi connectivity index (χ2v) is 4.96. The van der Waals surface area contributed by atoms with Gasteiger partial charge in [0, 0.05) is 15.7 Å². The van der Waals surface area contributed by atoms with Crippen molar-refractivity contribution in [2.45, 2.75) is 0 Å². The van der Waals surface area contributed by atoms with Crippen molar-refractivity contribution in [3.63, 3.8) is 0 Å². The van der Waals surface area contributed by atoms with Gasteiger partial charge in [-0.25, -0.2) is 0 Å². The molecule has 0 bridgehead atoms. The van der Waals surface area contributed by atoms with Crippen molar-refractivity contribution < 1.29 is 4.79 Å². The topological polar surface area (TPSA) is 79.5 Å². The van der Waals surface area contributed by atoms with E-state index in [-0.39, 0.29) is 5.84 Å². The summed E-state index contributed by atoms with van der Waals surface area (Å²) < 4.78 is 0. The maximum absolute atomic E-state index is 11.8. The highest BCUT2D eigenvalue weighted by molar-refractivity contribution is 6.41. The fraction of sp³-hybridized carbons (Fsp3) is 0. The molecule has 0 spiro atoms. The lowest BCUT2D eigenvalue weighted by molar-refractivity contribution is -0.110. The molecule has 2 aromatic rings. The number of nitrogens with two attached hydrogens (primary N) is 1. The summed E-state index contributed by atoms with van der Waals surface area (Å²) in [5.41, 5.74) is 9.41. The second-order valence-electron chi connectivity index (χ2n) is 4.08. The first-order chi connectivity index (χ1) is 10.0. The maximum atomic E-state index is 11.8. The van der Waals surface area contributed by atoms with E-state index in [4.69, 9.17) is 28.9 Å². The van der Waals surface area contributed by atoms with E-state index < -0.39 is 5.91 Å². The molecule has 5 nitrogen and oxygen atoms in total. The monoisotopic (exact) mass is 322 g/mol. The second kappa shape index (κ2) is 6.97. The average Bonchev–Trinajstić information content (AvgIpc) is 2.45. The molecular weight excluding hydrogens is 311 g/mol. The Morgan fingerprint density at radius 3 is 2.19 bits per heavy atom. The quantitative estimate of drug-likeness (QED) is 0.460. The minimum Gasteiger partial charge on any atom is -0.378 e. The van der Waals surface area contributed by atoms with Crippen molar-refractivity contribution in [1.29, 1.82) is 0 Å². The molecule has 1 amide bonds. The van der Waals surface area contributed by atoms with Gasteiger partial charge in [-0.05, 0) is 36.4 Å². The molecule has 108 valence electrons. The molecule has 0 atom stereocenters. The fourth-order valence-electron chi connectivity index (χ4n) is 1.49. The SMILES string of the molecule is N/C(=N\Nc1cccc(Cl)c1)C(=O)Nc1cccc(Cl)c1. The van der Waals surface area contributed by atoms with Crippen LogP contribution in [0.5, 0.6) is 0 Å². The van der Waals surface area contributed by atoms with Gasteiger partial charge in [0.1, 0.15) is 0 Å². The Kier molecular flexibility index (Phi) is 5.03. The molecule has 4 N–H and O–H groups in total. The molecule has 0 aliphatic rings. The number of nitrogens with one attached hydrogen (secondary N) is 2. The molecule has 0 aromatic heterocycles. The number of carbonyl (C=O) groups is 1. The summed E-state index contributed by atoms with van der Waals surface area (Å²) in [4.78, 5) is 11.8. The summed E-state index contributed by atoms with van der Waals surface area (Å²) in [7, 11) is 0. The first-order valence-corrected chi connectivity index (χ1v) is 6.72. The van der Waals surface area contributed by atoms with Crippen LogP contribution in [-0.4, -0.2) is 11.7 Å². The zero-order valence-electron chi connectivity index (χ0n) is 10.8. The van der Waals surface area contributed by atoms with Crippen molar-refractivity contribution in [2.24, 2.45) is 10.8 Å². The zero-order valence-corrected chi connectivity index (χ0v) is 12.3. The first-order valence-electron chi connectivity index (χ1n) is 5.96. The molecular formula is C14H12Cl2N4O. The third kappa shape index (κ3) is 4.66.